The molecule has 4 nitrogen and oxygen atoms in total. The maximum absolute atomic E-state index is 11.3. The molecule has 0 aromatic heterocycles. The largest absolute Gasteiger partial charge is 0.487 e. The average Bonchev–Trinajstić information content (AvgIpc) is 2.93. The van der Waals surface area contributed by atoms with Crippen LogP contribution in [-0.4, -0.2) is 12.6 Å². The fourth-order valence-electron chi connectivity index (χ4n) is 2.03. The van der Waals surface area contributed by atoms with Gasteiger partial charge in [0.05, 0.1) is 5.02 Å². The molecular formula is C16H13ClO4. The van der Waals surface area contributed by atoms with E-state index in [2.05, 4.69) is 0 Å². The van der Waals surface area contributed by atoms with Gasteiger partial charge in [-0.2, -0.15) is 0 Å². The Kier molecular flexibility index (Phi) is 3.71. The molecule has 0 amide bonds. The minimum absolute atomic E-state index is 0.0285. The van der Waals surface area contributed by atoms with Crippen LogP contribution in [0.5, 0.6) is 17.2 Å². The van der Waals surface area contributed by atoms with Gasteiger partial charge >= 0.3 is 0 Å². The van der Waals surface area contributed by atoms with Crippen molar-refractivity contribution in [1.29, 1.82) is 0 Å². The first kappa shape index (κ1) is 13.8. The molecule has 21 heavy (non-hydrogen) atoms. The minimum atomic E-state index is -0.0285. The van der Waals surface area contributed by atoms with Crippen molar-refractivity contribution in [3.63, 3.8) is 0 Å². The molecule has 0 saturated carbocycles. The lowest BCUT2D eigenvalue weighted by Crippen LogP contribution is -1.98. The molecule has 0 fully saturated rings. The number of fused-ring (bicyclic) bond motifs is 1. The molecule has 108 valence electrons. The highest BCUT2D eigenvalue weighted by molar-refractivity contribution is 6.32. The molecular weight excluding hydrogens is 292 g/mol. The fourth-order valence-corrected chi connectivity index (χ4v) is 2.26. The van der Waals surface area contributed by atoms with Gasteiger partial charge in [-0.25, -0.2) is 0 Å². The van der Waals surface area contributed by atoms with E-state index in [-0.39, 0.29) is 12.6 Å². The van der Waals surface area contributed by atoms with Gasteiger partial charge in [0.25, 0.3) is 0 Å². The number of benzene rings is 2. The molecule has 1 heterocycles. The summed E-state index contributed by atoms with van der Waals surface area (Å²) in [7, 11) is 0. The van der Waals surface area contributed by atoms with Crippen LogP contribution in [0.1, 0.15) is 22.8 Å². The van der Waals surface area contributed by atoms with Crippen LogP contribution < -0.4 is 14.2 Å². The minimum Gasteiger partial charge on any atom is -0.487 e. The first-order valence-electron chi connectivity index (χ1n) is 6.45. The third-order valence-corrected chi connectivity index (χ3v) is 3.47. The van der Waals surface area contributed by atoms with E-state index in [9.17, 15) is 4.79 Å². The predicted molar refractivity (Wildman–Crippen MR) is 78.4 cm³/mol. The summed E-state index contributed by atoms with van der Waals surface area (Å²) in [6.45, 7) is 2.10. The molecule has 2 aromatic carbocycles. The van der Waals surface area contributed by atoms with Crippen LogP contribution in [0.3, 0.4) is 0 Å². The van der Waals surface area contributed by atoms with Crippen molar-refractivity contribution in [2.75, 3.05) is 6.79 Å². The second-order valence-corrected chi connectivity index (χ2v) is 5.08. The number of Topliss-reactive ketones (excluding diaryl/α,β-unsaturated/α-hetero) is 1. The van der Waals surface area contributed by atoms with Crippen LogP contribution in [0.4, 0.5) is 0 Å². The van der Waals surface area contributed by atoms with E-state index >= 15 is 0 Å². The number of hydrogen-bond acceptors (Lipinski definition) is 4. The molecule has 0 radical (unpaired) electrons. The van der Waals surface area contributed by atoms with Crippen molar-refractivity contribution in [3.8, 4) is 17.2 Å². The maximum atomic E-state index is 11.3. The molecule has 5 heteroatoms. The van der Waals surface area contributed by atoms with E-state index in [1.54, 1.807) is 18.2 Å². The molecule has 2 aromatic rings. The molecule has 1 aliphatic heterocycles. The summed E-state index contributed by atoms with van der Waals surface area (Å²) < 4.78 is 16.2. The van der Waals surface area contributed by atoms with Crippen molar-refractivity contribution in [2.45, 2.75) is 13.5 Å². The van der Waals surface area contributed by atoms with Crippen LogP contribution >= 0.6 is 11.6 Å². The van der Waals surface area contributed by atoms with Crippen LogP contribution in [0.15, 0.2) is 36.4 Å². The molecule has 0 atom stereocenters. The van der Waals surface area contributed by atoms with Crippen LogP contribution in [0.2, 0.25) is 5.02 Å². The van der Waals surface area contributed by atoms with E-state index in [1.807, 2.05) is 18.2 Å². The van der Waals surface area contributed by atoms with Crippen molar-refractivity contribution < 1.29 is 19.0 Å². The Morgan fingerprint density at radius 1 is 1.19 bits per heavy atom. The van der Waals surface area contributed by atoms with Crippen LogP contribution in [0.25, 0.3) is 0 Å². The van der Waals surface area contributed by atoms with E-state index < -0.39 is 0 Å². The molecule has 1 aliphatic rings. The van der Waals surface area contributed by atoms with E-state index in [0.717, 1.165) is 11.3 Å². The van der Waals surface area contributed by atoms with E-state index in [1.165, 1.54) is 6.92 Å². The van der Waals surface area contributed by atoms with Crippen molar-refractivity contribution in [1.82, 2.24) is 0 Å². The van der Waals surface area contributed by atoms with Crippen LogP contribution in [-0.2, 0) is 6.61 Å². The van der Waals surface area contributed by atoms with Gasteiger partial charge in [0.15, 0.2) is 17.3 Å². The highest BCUT2D eigenvalue weighted by Gasteiger charge is 2.13. The van der Waals surface area contributed by atoms with Gasteiger partial charge in [-0.1, -0.05) is 17.7 Å². The molecule has 0 N–H and O–H groups in total. The number of ketones is 1. The maximum Gasteiger partial charge on any atom is 0.231 e. The predicted octanol–water partition coefficient (Wildman–Crippen LogP) is 3.85. The van der Waals surface area contributed by atoms with Gasteiger partial charge in [-0.05, 0) is 42.8 Å². The van der Waals surface area contributed by atoms with Crippen molar-refractivity contribution in [2.24, 2.45) is 0 Å². The van der Waals surface area contributed by atoms with Gasteiger partial charge in [-0.15, -0.1) is 0 Å². The van der Waals surface area contributed by atoms with Gasteiger partial charge in [0.1, 0.15) is 12.4 Å². The zero-order valence-electron chi connectivity index (χ0n) is 11.4. The highest BCUT2D eigenvalue weighted by atomic mass is 35.5. The summed E-state index contributed by atoms with van der Waals surface area (Å²) in [5.41, 5.74) is 1.52. The Morgan fingerprint density at radius 2 is 2.00 bits per heavy atom. The quantitative estimate of drug-likeness (QED) is 0.805. The molecule has 0 spiro atoms. The standard InChI is InChI=1S/C16H13ClO4/c1-10(18)12-3-5-14(13(17)7-12)19-8-11-2-4-15-16(6-11)21-9-20-15/h2-7H,8-9H2,1H3. The highest BCUT2D eigenvalue weighted by Crippen LogP contribution is 2.33. The Bertz CT molecular complexity index is 697. The summed E-state index contributed by atoms with van der Waals surface area (Å²) >= 11 is 6.11. The lowest BCUT2D eigenvalue weighted by atomic mass is 10.1. The molecule has 3 rings (SSSR count). The van der Waals surface area contributed by atoms with Gasteiger partial charge in [0, 0.05) is 5.56 Å². The fraction of sp³-hybridized carbons (Fsp3) is 0.188. The van der Waals surface area contributed by atoms with Crippen LogP contribution in [0, 0.1) is 0 Å². The molecule has 0 bridgehead atoms. The smallest absolute Gasteiger partial charge is 0.231 e. The van der Waals surface area contributed by atoms with E-state index in [4.69, 9.17) is 25.8 Å². The summed E-state index contributed by atoms with van der Waals surface area (Å²) in [6.07, 6.45) is 0. The number of ether oxygens (including phenoxy) is 3. The monoisotopic (exact) mass is 304 g/mol. The number of halogens is 1. The lowest BCUT2D eigenvalue weighted by molar-refractivity contribution is 0.101. The third-order valence-electron chi connectivity index (χ3n) is 3.17. The zero-order chi connectivity index (χ0) is 14.8. The number of carbonyl (C=O) groups is 1. The second kappa shape index (κ2) is 5.66. The van der Waals surface area contributed by atoms with Gasteiger partial charge in [0.2, 0.25) is 6.79 Å². The van der Waals surface area contributed by atoms with Gasteiger partial charge < -0.3 is 14.2 Å². The molecule has 0 aliphatic carbocycles. The molecule has 0 unspecified atom stereocenters. The first-order chi connectivity index (χ1) is 10.1. The Labute approximate surface area is 127 Å². The Morgan fingerprint density at radius 3 is 2.76 bits per heavy atom. The number of rotatable bonds is 4. The Balaban J connectivity index is 1.71. The summed E-state index contributed by atoms with van der Waals surface area (Å²) in [5.74, 6) is 1.97. The van der Waals surface area contributed by atoms with Crippen molar-refractivity contribution >= 4 is 17.4 Å². The molecule has 0 saturated heterocycles. The second-order valence-electron chi connectivity index (χ2n) is 4.68. The zero-order valence-corrected chi connectivity index (χ0v) is 12.1. The van der Waals surface area contributed by atoms with Gasteiger partial charge in [-0.3, -0.25) is 4.79 Å². The summed E-state index contributed by atoms with van der Waals surface area (Å²) in [6, 6.07) is 10.6. The van der Waals surface area contributed by atoms with E-state index in [0.29, 0.717) is 28.7 Å². The average molecular weight is 305 g/mol. The summed E-state index contributed by atoms with van der Waals surface area (Å²) in [4.78, 5) is 11.3. The Hall–Kier alpha value is -2.20. The number of carbonyl (C=O) groups excluding carboxylic acids is 1. The first-order valence-corrected chi connectivity index (χ1v) is 6.83. The summed E-state index contributed by atoms with van der Waals surface area (Å²) in [5, 5.41) is 0.420. The lowest BCUT2D eigenvalue weighted by Gasteiger charge is -2.09. The van der Waals surface area contributed by atoms with Crippen molar-refractivity contribution in [3.05, 3.63) is 52.5 Å². The third kappa shape index (κ3) is 2.95. The normalized spacial score (nSPS) is 12.3. The SMILES string of the molecule is CC(=O)c1ccc(OCc2ccc3c(c2)OCO3)c(Cl)c1. The topological polar surface area (TPSA) is 44.8 Å². The number of hydrogen-bond donors (Lipinski definition) is 0.